The molecule has 0 unspecified atom stereocenters. The molecular weight excluding hydrogens is 294 g/mol. The van der Waals surface area contributed by atoms with Crippen molar-refractivity contribution in [3.63, 3.8) is 0 Å². The van der Waals surface area contributed by atoms with Gasteiger partial charge in [0, 0.05) is 20.2 Å². The summed E-state index contributed by atoms with van der Waals surface area (Å²) >= 11 is 0. The number of barbiturate groups is 1. The van der Waals surface area contributed by atoms with E-state index in [1.165, 1.54) is 20.2 Å². The minimum Gasteiger partial charge on any atom is -0.502 e. The minimum atomic E-state index is -0.802. The molecule has 0 saturated carbocycles. The number of nitro groups is 1. The van der Waals surface area contributed by atoms with Gasteiger partial charge in [0.05, 0.1) is 4.92 Å². The Hall–Kier alpha value is -3.23. The molecule has 0 atom stereocenters. The molecule has 0 aliphatic carbocycles. The van der Waals surface area contributed by atoms with E-state index in [2.05, 4.69) is 0 Å². The molecule has 1 aliphatic rings. The number of likely N-dealkylation sites (N-methyl/N-ethyl adjacent to an activating group) is 2. The van der Waals surface area contributed by atoms with Crippen LogP contribution in [-0.2, 0) is 9.59 Å². The summed E-state index contributed by atoms with van der Waals surface area (Å²) in [5.74, 6) is -2.13. The molecule has 0 spiro atoms. The number of imide groups is 2. The average molecular weight is 305 g/mol. The summed E-state index contributed by atoms with van der Waals surface area (Å²) in [5, 5.41) is 20.1. The normalized spacial score (nSPS) is 15.4. The molecule has 0 bridgehead atoms. The van der Waals surface area contributed by atoms with Crippen molar-refractivity contribution < 1.29 is 24.4 Å². The second kappa shape index (κ2) is 5.28. The summed E-state index contributed by atoms with van der Waals surface area (Å²) in [6, 6.07) is 2.66. The maximum atomic E-state index is 12.0. The molecule has 9 nitrogen and oxygen atoms in total. The van der Waals surface area contributed by atoms with Crippen LogP contribution in [0.25, 0.3) is 6.08 Å². The standard InChI is InChI=1S/C13H11N3O6/c1-14-11(18)8(12(19)15(2)13(14)20)5-7-3-4-10(17)9(6-7)16(21)22/h3-6,17H,1-2H3. The van der Waals surface area contributed by atoms with E-state index in [1.54, 1.807) is 0 Å². The zero-order chi connectivity index (χ0) is 16.6. The van der Waals surface area contributed by atoms with Crippen LogP contribution in [0.2, 0.25) is 0 Å². The first-order valence-corrected chi connectivity index (χ1v) is 6.03. The van der Waals surface area contributed by atoms with Gasteiger partial charge in [-0.3, -0.25) is 29.5 Å². The van der Waals surface area contributed by atoms with Crippen molar-refractivity contribution in [2.75, 3.05) is 14.1 Å². The number of nitro benzene ring substituents is 1. The fourth-order valence-corrected chi connectivity index (χ4v) is 1.92. The van der Waals surface area contributed by atoms with E-state index in [0.717, 1.165) is 28.0 Å². The lowest BCUT2D eigenvalue weighted by Crippen LogP contribution is -2.52. The van der Waals surface area contributed by atoms with Gasteiger partial charge in [-0.1, -0.05) is 6.07 Å². The van der Waals surface area contributed by atoms with E-state index < -0.39 is 34.2 Å². The predicted molar refractivity (Wildman–Crippen MR) is 73.7 cm³/mol. The maximum absolute atomic E-state index is 12.0. The van der Waals surface area contributed by atoms with E-state index in [1.807, 2.05) is 0 Å². The number of amides is 4. The molecule has 9 heteroatoms. The summed E-state index contributed by atoms with van der Waals surface area (Å²) in [5.41, 5.74) is -0.676. The van der Waals surface area contributed by atoms with Crippen molar-refractivity contribution in [1.82, 2.24) is 9.80 Å². The molecule has 1 N–H and O–H groups in total. The van der Waals surface area contributed by atoms with Gasteiger partial charge in [0.2, 0.25) is 0 Å². The van der Waals surface area contributed by atoms with Gasteiger partial charge in [-0.05, 0) is 17.7 Å². The summed E-state index contributed by atoms with van der Waals surface area (Å²) in [4.78, 5) is 47.1. The molecule has 1 aromatic carbocycles. The van der Waals surface area contributed by atoms with Crippen molar-refractivity contribution in [3.8, 4) is 5.75 Å². The van der Waals surface area contributed by atoms with E-state index in [-0.39, 0.29) is 11.1 Å². The van der Waals surface area contributed by atoms with Gasteiger partial charge in [-0.15, -0.1) is 0 Å². The van der Waals surface area contributed by atoms with Gasteiger partial charge >= 0.3 is 11.7 Å². The lowest BCUT2D eigenvalue weighted by molar-refractivity contribution is -0.385. The SMILES string of the molecule is CN1C(=O)C(=Cc2ccc(O)c([N+](=O)[O-])c2)C(=O)N(C)C1=O. The number of benzene rings is 1. The Morgan fingerprint density at radius 2 is 1.68 bits per heavy atom. The number of hydrogen-bond acceptors (Lipinski definition) is 6. The maximum Gasteiger partial charge on any atom is 0.333 e. The monoisotopic (exact) mass is 305 g/mol. The van der Waals surface area contributed by atoms with Crippen molar-refractivity contribution in [3.05, 3.63) is 39.4 Å². The van der Waals surface area contributed by atoms with Crippen LogP contribution in [0.4, 0.5) is 10.5 Å². The molecule has 0 aromatic heterocycles. The number of aromatic hydroxyl groups is 1. The van der Waals surface area contributed by atoms with Crippen molar-refractivity contribution in [2.45, 2.75) is 0 Å². The quantitative estimate of drug-likeness (QED) is 0.372. The number of urea groups is 1. The van der Waals surface area contributed by atoms with Crippen LogP contribution in [0.1, 0.15) is 5.56 Å². The molecular formula is C13H11N3O6. The highest BCUT2D eigenvalue weighted by molar-refractivity contribution is 6.30. The molecule has 4 amide bonds. The Morgan fingerprint density at radius 3 is 2.18 bits per heavy atom. The fraction of sp³-hybridized carbons (Fsp3) is 0.154. The van der Waals surface area contributed by atoms with E-state index in [4.69, 9.17) is 0 Å². The molecule has 1 saturated heterocycles. The first-order chi connectivity index (χ1) is 10.2. The van der Waals surface area contributed by atoms with Gasteiger partial charge in [-0.25, -0.2) is 4.79 Å². The van der Waals surface area contributed by atoms with Crippen molar-refractivity contribution in [1.29, 1.82) is 0 Å². The van der Waals surface area contributed by atoms with E-state index >= 15 is 0 Å². The molecule has 1 fully saturated rings. The number of nitrogens with zero attached hydrogens (tertiary/aromatic N) is 3. The first kappa shape index (κ1) is 15.2. The molecule has 2 rings (SSSR count). The van der Waals surface area contributed by atoms with Crippen LogP contribution in [0.3, 0.4) is 0 Å². The van der Waals surface area contributed by atoms with Crippen LogP contribution in [0, 0.1) is 10.1 Å². The third-order valence-corrected chi connectivity index (χ3v) is 3.15. The smallest absolute Gasteiger partial charge is 0.333 e. The summed E-state index contributed by atoms with van der Waals surface area (Å²) < 4.78 is 0. The third kappa shape index (κ3) is 2.39. The number of phenolic OH excluding ortho intramolecular Hbond substituents is 1. The largest absolute Gasteiger partial charge is 0.502 e. The van der Waals surface area contributed by atoms with Gasteiger partial charge in [-0.2, -0.15) is 0 Å². The Balaban J connectivity index is 2.50. The molecule has 114 valence electrons. The highest BCUT2D eigenvalue weighted by atomic mass is 16.6. The number of phenols is 1. The molecule has 22 heavy (non-hydrogen) atoms. The molecule has 0 radical (unpaired) electrons. The zero-order valence-corrected chi connectivity index (χ0v) is 11.6. The summed E-state index contributed by atoms with van der Waals surface area (Å²) in [6.07, 6.45) is 1.14. The van der Waals surface area contributed by atoms with Gasteiger partial charge in [0.1, 0.15) is 5.57 Å². The number of carbonyl (C=O) groups is 3. The Bertz CT molecular complexity index is 713. The molecule has 1 aliphatic heterocycles. The fourth-order valence-electron chi connectivity index (χ4n) is 1.92. The molecule has 1 aromatic rings. The van der Waals surface area contributed by atoms with Crippen LogP contribution < -0.4 is 0 Å². The average Bonchev–Trinajstić information content (AvgIpc) is 2.49. The van der Waals surface area contributed by atoms with Crippen LogP contribution in [0.5, 0.6) is 5.75 Å². The van der Waals surface area contributed by atoms with Crippen molar-refractivity contribution in [2.24, 2.45) is 0 Å². The Labute approximate surface area is 124 Å². The number of rotatable bonds is 2. The van der Waals surface area contributed by atoms with Gasteiger partial charge in [0.15, 0.2) is 5.75 Å². The number of hydrogen-bond donors (Lipinski definition) is 1. The Morgan fingerprint density at radius 1 is 1.14 bits per heavy atom. The van der Waals surface area contributed by atoms with E-state index in [0.29, 0.717) is 0 Å². The highest BCUT2D eigenvalue weighted by Crippen LogP contribution is 2.28. The van der Waals surface area contributed by atoms with Crippen LogP contribution in [0.15, 0.2) is 23.8 Å². The van der Waals surface area contributed by atoms with Crippen molar-refractivity contribution >= 4 is 29.6 Å². The van der Waals surface area contributed by atoms with Crippen LogP contribution in [-0.4, -0.2) is 51.8 Å². The van der Waals surface area contributed by atoms with E-state index in [9.17, 15) is 29.6 Å². The second-order valence-electron chi connectivity index (χ2n) is 4.57. The van der Waals surface area contributed by atoms with Crippen LogP contribution >= 0.6 is 0 Å². The summed E-state index contributed by atoms with van der Waals surface area (Å²) in [6.45, 7) is 0. The van der Waals surface area contributed by atoms with Gasteiger partial charge in [0.25, 0.3) is 11.8 Å². The van der Waals surface area contributed by atoms with Gasteiger partial charge < -0.3 is 5.11 Å². The lowest BCUT2D eigenvalue weighted by atomic mass is 10.1. The third-order valence-electron chi connectivity index (χ3n) is 3.15. The first-order valence-electron chi connectivity index (χ1n) is 6.03. The second-order valence-corrected chi connectivity index (χ2v) is 4.57. The predicted octanol–water partition coefficient (Wildman–Crippen LogP) is 0.734. The zero-order valence-electron chi connectivity index (χ0n) is 11.6. The topological polar surface area (TPSA) is 121 Å². The summed E-state index contributed by atoms with van der Waals surface area (Å²) in [7, 11) is 2.45. The highest BCUT2D eigenvalue weighted by Gasteiger charge is 2.37. The Kier molecular flexibility index (Phi) is 3.64. The minimum absolute atomic E-state index is 0.178. The molecule has 1 heterocycles. The lowest BCUT2D eigenvalue weighted by Gasteiger charge is -2.28. The number of carbonyl (C=O) groups excluding carboxylic acids is 3.